The summed E-state index contributed by atoms with van der Waals surface area (Å²) in [6, 6.07) is 13.6. The Hall–Kier alpha value is -4.15. The molecule has 0 aliphatic heterocycles. The number of thiophene rings is 1. The quantitative estimate of drug-likeness (QED) is 0.184. The van der Waals surface area contributed by atoms with Crippen LogP contribution >= 0.6 is 22.7 Å². The number of aromatic nitrogens is 3. The Morgan fingerprint density at radius 1 is 1.11 bits per heavy atom. The minimum atomic E-state index is -4.22. The summed E-state index contributed by atoms with van der Waals surface area (Å²) in [6.07, 6.45) is 4.13. The van der Waals surface area contributed by atoms with Gasteiger partial charge in [0.15, 0.2) is 5.69 Å². The molecule has 1 saturated carbocycles. The first-order chi connectivity index (χ1) is 21.0. The van der Waals surface area contributed by atoms with Crippen LogP contribution in [0.25, 0.3) is 16.4 Å². The molecular weight excluding hydrogens is 620 g/mol. The number of benzene rings is 2. The Morgan fingerprint density at radius 3 is 2.57 bits per heavy atom. The van der Waals surface area contributed by atoms with Crippen molar-refractivity contribution in [3.63, 3.8) is 0 Å². The van der Waals surface area contributed by atoms with Gasteiger partial charge in [-0.05, 0) is 61.6 Å². The zero-order valence-corrected chi connectivity index (χ0v) is 26.0. The third-order valence-corrected chi connectivity index (χ3v) is 9.99. The zero-order valence-electron chi connectivity index (χ0n) is 23.6. The van der Waals surface area contributed by atoms with E-state index in [4.69, 9.17) is 10.2 Å². The Morgan fingerprint density at radius 2 is 1.91 bits per heavy atom. The Kier molecular flexibility index (Phi) is 8.22. The SMILES string of the molecule is Cc1cc(C#Cc2cccc(-c3nn(-c4nc(C(=O)O)cs4)c(CCC4CC4)c3Cc3ccc(S(N)(=O)=O)c(F)c3)c2)cs1. The molecule has 0 spiro atoms. The van der Waals surface area contributed by atoms with Gasteiger partial charge in [-0.2, -0.15) is 5.10 Å². The second-order valence-corrected chi connectivity index (χ2v) is 14.2. The summed E-state index contributed by atoms with van der Waals surface area (Å²) in [5.74, 6) is 4.98. The number of hydrogen-bond donors (Lipinski definition) is 2. The largest absolute Gasteiger partial charge is 0.476 e. The molecule has 2 aromatic carbocycles. The highest BCUT2D eigenvalue weighted by molar-refractivity contribution is 7.89. The molecule has 1 aliphatic carbocycles. The summed E-state index contributed by atoms with van der Waals surface area (Å²) in [6.45, 7) is 2.03. The minimum Gasteiger partial charge on any atom is -0.476 e. The van der Waals surface area contributed by atoms with Crippen LogP contribution in [0.15, 0.2) is 64.2 Å². The molecule has 6 rings (SSSR count). The summed E-state index contributed by atoms with van der Waals surface area (Å²) in [5, 5.41) is 23.6. The van der Waals surface area contributed by atoms with E-state index < -0.39 is 26.7 Å². The number of halogens is 1. The maximum Gasteiger partial charge on any atom is 0.355 e. The predicted octanol–water partition coefficient (Wildman–Crippen LogP) is 6.18. The Labute approximate surface area is 262 Å². The number of rotatable bonds is 9. The van der Waals surface area contributed by atoms with Gasteiger partial charge in [0, 0.05) is 44.3 Å². The molecular formula is C32H27FN4O4S3. The summed E-state index contributed by atoms with van der Waals surface area (Å²) in [7, 11) is -4.22. The van der Waals surface area contributed by atoms with E-state index in [0.717, 1.165) is 47.2 Å². The van der Waals surface area contributed by atoms with Crippen molar-refractivity contribution in [2.24, 2.45) is 11.1 Å². The van der Waals surface area contributed by atoms with Crippen molar-refractivity contribution in [3.05, 3.63) is 104 Å². The number of sulfonamides is 1. The van der Waals surface area contributed by atoms with Gasteiger partial charge in [-0.3, -0.25) is 0 Å². The van der Waals surface area contributed by atoms with Gasteiger partial charge in [-0.15, -0.1) is 22.7 Å². The predicted molar refractivity (Wildman–Crippen MR) is 168 cm³/mol. The first-order valence-electron chi connectivity index (χ1n) is 13.8. The molecule has 0 saturated heterocycles. The van der Waals surface area contributed by atoms with E-state index in [1.54, 1.807) is 22.1 Å². The molecule has 224 valence electrons. The Balaban J connectivity index is 1.49. The van der Waals surface area contributed by atoms with E-state index in [1.165, 1.54) is 33.7 Å². The van der Waals surface area contributed by atoms with Gasteiger partial charge in [0.25, 0.3) is 0 Å². The average Bonchev–Trinajstić information content (AvgIpc) is 3.33. The van der Waals surface area contributed by atoms with Crippen LogP contribution in [0, 0.1) is 30.5 Å². The van der Waals surface area contributed by atoms with Gasteiger partial charge < -0.3 is 5.11 Å². The number of thiazole rings is 1. The van der Waals surface area contributed by atoms with E-state index in [0.29, 0.717) is 28.7 Å². The third-order valence-electron chi connectivity index (χ3n) is 7.37. The maximum absolute atomic E-state index is 14.9. The summed E-state index contributed by atoms with van der Waals surface area (Å²) in [5.41, 5.74) is 5.28. The van der Waals surface area contributed by atoms with Gasteiger partial charge in [-0.25, -0.2) is 32.4 Å². The van der Waals surface area contributed by atoms with Crippen LogP contribution in [0.4, 0.5) is 4.39 Å². The van der Waals surface area contributed by atoms with Gasteiger partial charge >= 0.3 is 5.97 Å². The number of nitrogens with two attached hydrogens (primary N) is 1. The fourth-order valence-electron chi connectivity index (χ4n) is 5.01. The molecule has 3 N–H and O–H groups in total. The molecule has 0 unspecified atom stereocenters. The zero-order chi connectivity index (χ0) is 31.0. The minimum absolute atomic E-state index is 0.0710. The van der Waals surface area contributed by atoms with Crippen LogP contribution < -0.4 is 5.14 Å². The monoisotopic (exact) mass is 646 g/mol. The number of nitrogens with zero attached hydrogens (tertiary/aromatic N) is 3. The summed E-state index contributed by atoms with van der Waals surface area (Å²) < 4.78 is 40.3. The van der Waals surface area contributed by atoms with Gasteiger partial charge in [0.1, 0.15) is 10.7 Å². The van der Waals surface area contributed by atoms with Crippen molar-refractivity contribution >= 4 is 38.7 Å². The number of aryl methyl sites for hydroxylation is 1. The lowest BCUT2D eigenvalue weighted by Crippen LogP contribution is -2.14. The van der Waals surface area contributed by atoms with Crippen molar-refractivity contribution in [2.75, 3.05) is 0 Å². The molecule has 0 radical (unpaired) electrons. The molecule has 12 heteroatoms. The summed E-state index contributed by atoms with van der Waals surface area (Å²) in [4.78, 5) is 16.6. The van der Waals surface area contributed by atoms with Crippen molar-refractivity contribution < 1.29 is 22.7 Å². The molecule has 3 aromatic heterocycles. The Bertz CT molecular complexity index is 2060. The lowest BCUT2D eigenvalue weighted by atomic mass is 9.96. The van der Waals surface area contributed by atoms with E-state index in [2.05, 4.69) is 16.8 Å². The number of primary sulfonamides is 1. The third kappa shape index (κ3) is 6.66. The fourth-order valence-corrected chi connectivity index (χ4v) is 7.01. The molecule has 0 amide bonds. The second kappa shape index (κ2) is 12.1. The van der Waals surface area contributed by atoms with E-state index >= 15 is 0 Å². The fraction of sp³-hybridized carbons (Fsp3) is 0.219. The molecule has 1 aliphatic rings. The molecule has 0 atom stereocenters. The van der Waals surface area contributed by atoms with Crippen molar-refractivity contribution in [3.8, 4) is 28.2 Å². The van der Waals surface area contributed by atoms with Crippen LogP contribution in [0.3, 0.4) is 0 Å². The second-order valence-electron chi connectivity index (χ2n) is 10.8. The van der Waals surface area contributed by atoms with Crippen LogP contribution in [-0.2, 0) is 22.9 Å². The molecule has 44 heavy (non-hydrogen) atoms. The normalized spacial score (nSPS) is 13.1. The van der Waals surface area contributed by atoms with Crippen LogP contribution in [0.1, 0.15) is 62.6 Å². The van der Waals surface area contributed by atoms with Crippen molar-refractivity contribution in [2.45, 2.75) is 43.9 Å². The first-order valence-corrected chi connectivity index (χ1v) is 17.1. The standard InChI is InChI=1S/C32H27FN4O4S3/c1-19-13-23(17-42-19)8-7-21-3-2-4-24(14-21)30-25(15-22-10-12-29(26(33)16-22)44(34,40)41)28(11-9-20-5-6-20)37(36-30)32-35-27(18-43-32)31(38)39/h2-4,10,12-14,16-18,20H,5-6,9,11,15H2,1H3,(H,38,39)(H2,34,40,41). The van der Waals surface area contributed by atoms with Crippen LogP contribution in [0.5, 0.6) is 0 Å². The van der Waals surface area contributed by atoms with Gasteiger partial charge in [0.2, 0.25) is 15.2 Å². The topological polar surface area (TPSA) is 128 Å². The number of carbonyl (C=O) groups is 1. The molecule has 8 nitrogen and oxygen atoms in total. The maximum atomic E-state index is 14.9. The smallest absolute Gasteiger partial charge is 0.355 e. The average molecular weight is 647 g/mol. The lowest BCUT2D eigenvalue weighted by Gasteiger charge is -2.10. The van der Waals surface area contributed by atoms with Gasteiger partial charge in [-0.1, -0.05) is 42.9 Å². The highest BCUT2D eigenvalue weighted by Gasteiger charge is 2.27. The highest BCUT2D eigenvalue weighted by atomic mass is 32.2. The highest BCUT2D eigenvalue weighted by Crippen LogP contribution is 2.37. The van der Waals surface area contributed by atoms with Crippen molar-refractivity contribution in [1.82, 2.24) is 14.8 Å². The van der Waals surface area contributed by atoms with Crippen LogP contribution in [0.2, 0.25) is 0 Å². The first kappa shape index (κ1) is 29.9. The van der Waals surface area contributed by atoms with E-state index in [1.807, 2.05) is 42.6 Å². The lowest BCUT2D eigenvalue weighted by molar-refractivity contribution is 0.0691. The summed E-state index contributed by atoms with van der Waals surface area (Å²) >= 11 is 2.82. The molecule has 3 heterocycles. The van der Waals surface area contributed by atoms with Gasteiger partial charge in [0.05, 0.1) is 11.4 Å². The van der Waals surface area contributed by atoms with E-state index in [-0.39, 0.29) is 12.1 Å². The van der Waals surface area contributed by atoms with E-state index in [9.17, 15) is 22.7 Å². The van der Waals surface area contributed by atoms with Crippen molar-refractivity contribution in [1.29, 1.82) is 0 Å². The number of carboxylic acid groups (broad SMARTS) is 1. The number of hydrogen-bond acceptors (Lipinski definition) is 7. The molecule has 1 fully saturated rings. The number of carboxylic acids is 1. The molecule has 0 bridgehead atoms. The molecule has 5 aromatic rings. The number of aromatic carboxylic acids is 1. The van der Waals surface area contributed by atoms with Crippen LogP contribution in [-0.4, -0.2) is 34.3 Å².